The SMILES string of the molecule is Cc1coc(C)c1C(=O)Nc1cccc(Cl)c1Cl. The van der Waals surface area contributed by atoms with Gasteiger partial charge in [-0.25, -0.2) is 0 Å². The number of hydrogen-bond donors (Lipinski definition) is 1. The van der Waals surface area contributed by atoms with Crippen molar-refractivity contribution in [2.45, 2.75) is 13.8 Å². The molecule has 0 saturated carbocycles. The van der Waals surface area contributed by atoms with Crippen molar-refractivity contribution in [1.29, 1.82) is 0 Å². The lowest BCUT2D eigenvalue weighted by Crippen LogP contribution is -2.13. The summed E-state index contributed by atoms with van der Waals surface area (Å²) in [6.07, 6.45) is 1.55. The van der Waals surface area contributed by atoms with Gasteiger partial charge in [-0.2, -0.15) is 0 Å². The van der Waals surface area contributed by atoms with Crippen molar-refractivity contribution >= 4 is 34.8 Å². The van der Waals surface area contributed by atoms with E-state index in [1.807, 2.05) is 6.92 Å². The summed E-state index contributed by atoms with van der Waals surface area (Å²) in [5.74, 6) is 0.311. The van der Waals surface area contributed by atoms with E-state index in [0.29, 0.717) is 27.1 Å². The number of benzene rings is 1. The van der Waals surface area contributed by atoms with Gasteiger partial charge in [0.05, 0.1) is 27.6 Å². The molecule has 2 aromatic rings. The highest BCUT2D eigenvalue weighted by Gasteiger charge is 2.17. The Morgan fingerprint density at radius 2 is 2.00 bits per heavy atom. The fourth-order valence-electron chi connectivity index (χ4n) is 1.70. The van der Waals surface area contributed by atoms with E-state index in [1.165, 1.54) is 0 Å². The van der Waals surface area contributed by atoms with Crippen molar-refractivity contribution in [3.05, 3.63) is 51.4 Å². The van der Waals surface area contributed by atoms with Gasteiger partial charge in [0.15, 0.2) is 0 Å². The molecule has 0 saturated heterocycles. The van der Waals surface area contributed by atoms with Crippen LogP contribution in [0.15, 0.2) is 28.9 Å². The van der Waals surface area contributed by atoms with E-state index in [2.05, 4.69) is 5.32 Å². The number of rotatable bonds is 2. The Morgan fingerprint density at radius 3 is 2.61 bits per heavy atom. The summed E-state index contributed by atoms with van der Waals surface area (Å²) in [6, 6.07) is 5.07. The zero-order chi connectivity index (χ0) is 13.3. The second-order valence-corrected chi connectivity index (χ2v) is 4.69. The fourth-order valence-corrected chi connectivity index (χ4v) is 2.04. The Morgan fingerprint density at radius 1 is 1.28 bits per heavy atom. The fraction of sp³-hybridized carbons (Fsp3) is 0.154. The molecule has 1 heterocycles. The van der Waals surface area contributed by atoms with Crippen LogP contribution in [-0.2, 0) is 0 Å². The van der Waals surface area contributed by atoms with Crippen LogP contribution in [0.25, 0.3) is 0 Å². The Hall–Kier alpha value is -1.45. The smallest absolute Gasteiger partial charge is 0.259 e. The lowest BCUT2D eigenvalue weighted by atomic mass is 10.1. The van der Waals surface area contributed by atoms with Crippen LogP contribution in [0.1, 0.15) is 21.7 Å². The number of amides is 1. The van der Waals surface area contributed by atoms with Gasteiger partial charge in [-0.15, -0.1) is 0 Å². The molecule has 1 aromatic heterocycles. The first-order chi connectivity index (χ1) is 8.50. The topological polar surface area (TPSA) is 42.2 Å². The maximum Gasteiger partial charge on any atom is 0.259 e. The molecule has 0 aliphatic rings. The summed E-state index contributed by atoms with van der Waals surface area (Å²) in [4.78, 5) is 12.1. The van der Waals surface area contributed by atoms with Crippen molar-refractivity contribution in [1.82, 2.24) is 0 Å². The number of carbonyl (C=O) groups is 1. The maximum atomic E-state index is 12.1. The summed E-state index contributed by atoms with van der Waals surface area (Å²) >= 11 is 11.9. The molecule has 18 heavy (non-hydrogen) atoms. The highest BCUT2D eigenvalue weighted by atomic mass is 35.5. The average Bonchev–Trinajstić information content (AvgIpc) is 2.65. The van der Waals surface area contributed by atoms with Gasteiger partial charge in [-0.3, -0.25) is 4.79 Å². The maximum absolute atomic E-state index is 12.1. The van der Waals surface area contributed by atoms with E-state index >= 15 is 0 Å². The van der Waals surface area contributed by atoms with E-state index in [9.17, 15) is 4.79 Å². The third kappa shape index (κ3) is 2.37. The number of nitrogens with one attached hydrogen (secondary N) is 1. The van der Waals surface area contributed by atoms with Crippen molar-refractivity contribution in [3.8, 4) is 0 Å². The minimum Gasteiger partial charge on any atom is -0.469 e. The molecule has 1 N–H and O–H groups in total. The van der Waals surface area contributed by atoms with Crippen LogP contribution in [0, 0.1) is 13.8 Å². The molecule has 0 unspecified atom stereocenters. The standard InChI is InChI=1S/C13H11Cl2NO2/c1-7-6-18-8(2)11(7)13(17)16-10-5-3-4-9(14)12(10)15/h3-6H,1-2H3,(H,16,17). The van der Waals surface area contributed by atoms with Crippen LogP contribution in [-0.4, -0.2) is 5.91 Å². The Kier molecular flexibility index (Phi) is 3.64. The first-order valence-corrected chi connectivity index (χ1v) is 6.06. The van der Waals surface area contributed by atoms with E-state index in [4.69, 9.17) is 27.6 Å². The minimum atomic E-state index is -0.261. The van der Waals surface area contributed by atoms with Crippen LogP contribution in [0.4, 0.5) is 5.69 Å². The van der Waals surface area contributed by atoms with Crippen molar-refractivity contribution < 1.29 is 9.21 Å². The van der Waals surface area contributed by atoms with Crippen LogP contribution in [0.2, 0.25) is 10.0 Å². The molecule has 0 radical (unpaired) electrons. The molecule has 94 valence electrons. The molecular formula is C13H11Cl2NO2. The molecule has 1 amide bonds. The Bertz CT molecular complexity index is 586. The molecule has 0 bridgehead atoms. The van der Waals surface area contributed by atoms with Gasteiger partial charge in [-0.1, -0.05) is 29.3 Å². The van der Waals surface area contributed by atoms with E-state index in [1.54, 1.807) is 31.4 Å². The number of anilines is 1. The summed E-state index contributed by atoms with van der Waals surface area (Å²) in [5.41, 5.74) is 1.78. The van der Waals surface area contributed by atoms with Crippen molar-refractivity contribution in [2.75, 3.05) is 5.32 Å². The highest BCUT2D eigenvalue weighted by Crippen LogP contribution is 2.30. The van der Waals surface area contributed by atoms with E-state index in [-0.39, 0.29) is 5.91 Å². The quantitative estimate of drug-likeness (QED) is 0.884. The lowest BCUT2D eigenvalue weighted by molar-refractivity contribution is 0.102. The molecule has 0 spiro atoms. The van der Waals surface area contributed by atoms with E-state index in [0.717, 1.165) is 5.56 Å². The summed E-state index contributed by atoms with van der Waals surface area (Å²) in [5, 5.41) is 3.44. The monoisotopic (exact) mass is 283 g/mol. The molecule has 5 heteroatoms. The molecule has 0 aliphatic carbocycles. The molecule has 0 fully saturated rings. The third-order valence-corrected chi connectivity index (χ3v) is 3.40. The summed E-state index contributed by atoms with van der Waals surface area (Å²) in [6.45, 7) is 3.55. The van der Waals surface area contributed by atoms with Crippen LogP contribution in [0.5, 0.6) is 0 Å². The Labute approximate surface area is 115 Å². The summed E-state index contributed by atoms with van der Waals surface area (Å²) in [7, 11) is 0. The zero-order valence-electron chi connectivity index (χ0n) is 9.88. The van der Waals surface area contributed by atoms with Gasteiger partial charge in [0.1, 0.15) is 5.76 Å². The van der Waals surface area contributed by atoms with Crippen LogP contribution in [0.3, 0.4) is 0 Å². The molecule has 2 rings (SSSR count). The first kappa shape index (κ1) is 13.0. The average molecular weight is 284 g/mol. The number of furan rings is 1. The second kappa shape index (κ2) is 5.04. The molecule has 3 nitrogen and oxygen atoms in total. The molecule has 0 atom stereocenters. The zero-order valence-corrected chi connectivity index (χ0v) is 11.4. The van der Waals surface area contributed by atoms with Gasteiger partial charge >= 0.3 is 0 Å². The predicted molar refractivity (Wildman–Crippen MR) is 72.6 cm³/mol. The normalized spacial score (nSPS) is 10.4. The number of halogens is 2. The minimum absolute atomic E-state index is 0.261. The van der Waals surface area contributed by atoms with Gasteiger partial charge in [0.25, 0.3) is 5.91 Å². The van der Waals surface area contributed by atoms with Crippen molar-refractivity contribution in [3.63, 3.8) is 0 Å². The van der Waals surface area contributed by atoms with E-state index < -0.39 is 0 Å². The van der Waals surface area contributed by atoms with Gasteiger partial charge in [0, 0.05) is 5.56 Å². The van der Waals surface area contributed by atoms with Crippen molar-refractivity contribution in [2.24, 2.45) is 0 Å². The van der Waals surface area contributed by atoms with Gasteiger partial charge < -0.3 is 9.73 Å². The largest absolute Gasteiger partial charge is 0.469 e. The number of carbonyl (C=O) groups excluding carboxylic acids is 1. The molecule has 1 aromatic carbocycles. The van der Waals surface area contributed by atoms with Crippen LogP contribution >= 0.6 is 23.2 Å². The first-order valence-electron chi connectivity index (χ1n) is 5.30. The summed E-state index contributed by atoms with van der Waals surface area (Å²) < 4.78 is 5.19. The lowest BCUT2D eigenvalue weighted by Gasteiger charge is -2.08. The van der Waals surface area contributed by atoms with Gasteiger partial charge in [-0.05, 0) is 26.0 Å². The predicted octanol–water partition coefficient (Wildman–Crippen LogP) is 4.46. The number of aryl methyl sites for hydroxylation is 2. The number of hydrogen-bond acceptors (Lipinski definition) is 2. The van der Waals surface area contributed by atoms with Gasteiger partial charge in [0.2, 0.25) is 0 Å². The third-order valence-electron chi connectivity index (χ3n) is 2.59. The second-order valence-electron chi connectivity index (χ2n) is 3.91. The molecule has 0 aliphatic heterocycles. The highest BCUT2D eigenvalue weighted by molar-refractivity contribution is 6.44. The molecular weight excluding hydrogens is 273 g/mol. The van der Waals surface area contributed by atoms with Crippen LogP contribution < -0.4 is 5.32 Å². The Balaban J connectivity index is 2.30.